The van der Waals surface area contributed by atoms with Gasteiger partial charge < -0.3 is 9.29 Å². The molecule has 0 radical (unpaired) electrons. The van der Waals surface area contributed by atoms with Crippen molar-refractivity contribution >= 4 is 22.0 Å². The summed E-state index contributed by atoms with van der Waals surface area (Å²) in [6, 6.07) is 5.01. The summed E-state index contributed by atoms with van der Waals surface area (Å²) in [6.07, 6.45) is 0. The quantitative estimate of drug-likeness (QED) is 0.285. The van der Waals surface area contributed by atoms with Crippen LogP contribution in [0, 0.1) is 6.92 Å². The van der Waals surface area contributed by atoms with Crippen LogP contribution in [-0.2, 0) is 14.6 Å². The second-order valence-electron chi connectivity index (χ2n) is 2.99. The fraction of sp³-hybridized carbons (Fsp3) is 0.333. The maximum Gasteiger partial charge on any atom is 1.00 e. The molecule has 0 bridgehead atoms. The van der Waals surface area contributed by atoms with Crippen molar-refractivity contribution in [1.82, 2.24) is 0 Å². The van der Waals surface area contributed by atoms with Crippen molar-refractivity contribution in [3.63, 3.8) is 0 Å². The monoisotopic (exact) mass is 288 g/mol. The Balaban J connectivity index is 0.00000256. The Morgan fingerprint density at radius 2 is 2.00 bits per heavy atom. The zero-order valence-electron chi connectivity index (χ0n) is 9.47. The Labute approximate surface area is 127 Å². The number of rotatable bonds is 5. The standard InChI is InChI=1S/C9H11ClO5S.Na/c1-7-6-8(10)2-3-9(7)14-4-5-15-16(11,12)13;/h2-3,6H,4-5H2,1H3,(H,11,12,13);/q;+1/p-1. The molecule has 0 saturated carbocycles. The topological polar surface area (TPSA) is 75.7 Å². The van der Waals surface area contributed by atoms with Gasteiger partial charge in [0.1, 0.15) is 12.4 Å². The van der Waals surface area contributed by atoms with Crippen LogP contribution in [0.3, 0.4) is 0 Å². The van der Waals surface area contributed by atoms with Crippen LogP contribution in [0.5, 0.6) is 5.75 Å². The third-order valence-electron chi connectivity index (χ3n) is 1.71. The van der Waals surface area contributed by atoms with Crippen molar-refractivity contribution in [3.05, 3.63) is 28.8 Å². The van der Waals surface area contributed by atoms with Crippen LogP contribution >= 0.6 is 11.6 Å². The molecule has 1 rings (SSSR count). The van der Waals surface area contributed by atoms with E-state index in [0.29, 0.717) is 10.8 Å². The number of aryl methyl sites for hydroxylation is 1. The zero-order valence-corrected chi connectivity index (χ0v) is 13.0. The van der Waals surface area contributed by atoms with Crippen LogP contribution in [0.25, 0.3) is 0 Å². The van der Waals surface area contributed by atoms with E-state index in [1.54, 1.807) is 25.1 Å². The van der Waals surface area contributed by atoms with Crippen molar-refractivity contribution in [1.29, 1.82) is 0 Å². The van der Waals surface area contributed by atoms with Crippen LogP contribution in [0.4, 0.5) is 0 Å². The van der Waals surface area contributed by atoms with E-state index >= 15 is 0 Å². The van der Waals surface area contributed by atoms with E-state index in [1.165, 1.54) is 0 Å². The Bertz CT molecular complexity index is 462. The molecule has 1 aromatic rings. The van der Waals surface area contributed by atoms with Crippen LogP contribution in [0.15, 0.2) is 18.2 Å². The average molecular weight is 289 g/mol. The summed E-state index contributed by atoms with van der Waals surface area (Å²) in [5.41, 5.74) is 0.817. The molecule has 1 aromatic carbocycles. The Kier molecular flexibility index (Phi) is 7.66. The van der Waals surface area contributed by atoms with Gasteiger partial charge in [-0.2, -0.15) is 0 Å². The number of benzene rings is 1. The molecule has 0 aliphatic rings. The first-order chi connectivity index (χ1) is 7.38. The van der Waals surface area contributed by atoms with Crippen molar-refractivity contribution < 1.29 is 51.4 Å². The van der Waals surface area contributed by atoms with E-state index in [0.717, 1.165) is 5.56 Å². The van der Waals surface area contributed by atoms with Gasteiger partial charge in [-0.25, -0.2) is 8.42 Å². The molecule has 17 heavy (non-hydrogen) atoms. The number of hydrogen-bond donors (Lipinski definition) is 0. The summed E-state index contributed by atoms with van der Waals surface area (Å²) in [5.74, 6) is 0.566. The predicted octanol–water partition coefficient (Wildman–Crippen LogP) is -1.49. The second kappa shape index (κ2) is 7.58. The third-order valence-corrected chi connectivity index (χ3v) is 2.40. The van der Waals surface area contributed by atoms with Crippen molar-refractivity contribution in [2.75, 3.05) is 13.2 Å². The second-order valence-corrected chi connectivity index (χ2v) is 4.48. The van der Waals surface area contributed by atoms with Gasteiger partial charge in [0.15, 0.2) is 0 Å². The molecule has 0 amide bonds. The van der Waals surface area contributed by atoms with Gasteiger partial charge in [0.25, 0.3) is 0 Å². The molecule has 0 aliphatic carbocycles. The summed E-state index contributed by atoms with van der Waals surface area (Å²) in [7, 11) is -4.65. The smallest absolute Gasteiger partial charge is 0.726 e. The minimum absolute atomic E-state index is 0. The van der Waals surface area contributed by atoms with Gasteiger partial charge in [0.05, 0.1) is 6.61 Å². The molecule has 5 nitrogen and oxygen atoms in total. The van der Waals surface area contributed by atoms with Crippen LogP contribution in [0.1, 0.15) is 5.56 Å². The molecule has 0 heterocycles. The van der Waals surface area contributed by atoms with Crippen molar-refractivity contribution in [3.8, 4) is 5.75 Å². The van der Waals surface area contributed by atoms with Gasteiger partial charge >= 0.3 is 29.6 Å². The molecule has 0 spiro atoms. The molecule has 0 aliphatic heterocycles. The summed E-state index contributed by atoms with van der Waals surface area (Å²) in [5, 5.41) is 0.586. The molecular formula is C9H10ClNaO5S. The summed E-state index contributed by atoms with van der Waals surface area (Å²) in [6.45, 7) is 1.46. The number of ether oxygens (including phenoxy) is 1. The summed E-state index contributed by atoms with van der Waals surface area (Å²) >= 11 is 5.74. The molecule has 0 N–H and O–H groups in total. The largest absolute Gasteiger partial charge is 1.00 e. The summed E-state index contributed by atoms with van der Waals surface area (Å²) < 4.78 is 39.5. The van der Waals surface area contributed by atoms with Gasteiger partial charge in [-0.15, -0.1) is 0 Å². The Morgan fingerprint density at radius 1 is 1.35 bits per heavy atom. The summed E-state index contributed by atoms with van der Waals surface area (Å²) in [4.78, 5) is 0. The first-order valence-corrected chi connectivity index (χ1v) is 6.09. The molecule has 0 aromatic heterocycles. The van der Waals surface area contributed by atoms with Crippen LogP contribution in [0.2, 0.25) is 5.02 Å². The minimum atomic E-state index is -4.65. The van der Waals surface area contributed by atoms with Crippen molar-refractivity contribution in [2.45, 2.75) is 6.92 Å². The fourth-order valence-electron chi connectivity index (χ4n) is 1.06. The fourth-order valence-corrected chi connectivity index (χ4v) is 1.56. The van der Waals surface area contributed by atoms with Crippen LogP contribution in [-0.4, -0.2) is 26.2 Å². The van der Waals surface area contributed by atoms with E-state index < -0.39 is 10.4 Å². The van der Waals surface area contributed by atoms with Crippen molar-refractivity contribution in [2.24, 2.45) is 0 Å². The Morgan fingerprint density at radius 3 is 2.53 bits per heavy atom. The molecule has 0 atom stereocenters. The zero-order chi connectivity index (χ0) is 12.2. The van der Waals surface area contributed by atoms with Gasteiger partial charge in [-0.3, -0.25) is 4.18 Å². The maximum absolute atomic E-state index is 10.1. The molecular weight excluding hydrogens is 279 g/mol. The SMILES string of the molecule is Cc1cc(Cl)ccc1OCCOS(=O)(=O)[O-].[Na+]. The molecule has 0 saturated heterocycles. The predicted molar refractivity (Wildman–Crippen MR) is 57.3 cm³/mol. The number of hydrogen-bond acceptors (Lipinski definition) is 5. The Hall–Kier alpha value is 0.180. The van der Waals surface area contributed by atoms with E-state index in [-0.39, 0.29) is 42.8 Å². The number of halogens is 1. The van der Waals surface area contributed by atoms with E-state index in [4.69, 9.17) is 16.3 Å². The molecule has 0 unspecified atom stereocenters. The average Bonchev–Trinajstić information content (AvgIpc) is 2.13. The molecule has 8 heteroatoms. The maximum atomic E-state index is 10.1. The van der Waals surface area contributed by atoms with E-state index in [2.05, 4.69) is 4.18 Å². The van der Waals surface area contributed by atoms with Gasteiger partial charge in [-0.1, -0.05) is 11.6 Å². The first-order valence-electron chi connectivity index (χ1n) is 4.38. The van der Waals surface area contributed by atoms with E-state index in [1.807, 2.05) is 0 Å². The van der Waals surface area contributed by atoms with Crippen LogP contribution < -0.4 is 34.3 Å². The van der Waals surface area contributed by atoms with Gasteiger partial charge in [0.2, 0.25) is 10.4 Å². The van der Waals surface area contributed by atoms with Gasteiger partial charge in [0, 0.05) is 5.02 Å². The minimum Gasteiger partial charge on any atom is -0.726 e. The molecule has 90 valence electrons. The normalized spacial score (nSPS) is 10.8. The third kappa shape index (κ3) is 7.25. The van der Waals surface area contributed by atoms with Gasteiger partial charge in [-0.05, 0) is 30.7 Å². The first kappa shape index (κ1) is 17.2. The molecule has 0 fully saturated rings. The van der Waals surface area contributed by atoms with E-state index in [9.17, 15) is 13.0 Å².